The van der Waals surface area contributed by atoms with Gasteiger partial charge in [-0.15, -0.1) is 11.3 Å². The zero-order chi connectivity index (χ0) is 24.8. The Balaban J connectivity index is 1.44. The van der Waals surface area contributed by atoms with Crippen molar-refractivity contribution in [3.63, 3.8) is 0 Å². The van der Waals surface area contributed by atoms with Crippen LogP contribution in [-0.4, -0.2) is 23.8 Å². The number of nitrogens with one attached hydrogen (secondary N) is 1. The molecular weight excluding hydrogens is 512 g/mol. The molecule has 10 heteroatoms. The molecule has 0 radical (unpaired) electrons. The fraction of sp³-hybridized carbons (Fsp3) is 0.0800. The molecule has 3 aromatic carbocycles. The van der Waals surface area contributed by atoms with Crippen LogP contribution in [0.5, 0.6) is 11.5 Å². The number of thiazole rings is 1. The second-order valence-electron chi connectivity index (χ2n) is 7.07. The van der Waals surface area contributed by atoms with Crippen molar-refractivity contribution in [3.05, 3.63) is 93.0 Å². The number of hydrogen-bond acceptors (Lipinski definition) is 7. The van der Waals surface area contributed by atoms with Crippen molar-refractivity contribution >= 4 is 51.9 Å². The van der Waals surface area contributed by atoms with Gasteiger partial charge in [0, 0.05) is 16.0 Å². The molecule has 0 saturated carbocycles. The monoisotopic (exact) mass is 529 g/mol. The minimum atomic E-state index is -0.616. The second-order valence-corrected chi connectivity index (χ2v) is 8.77. The summed E-state index contributed by atoms with van der Waals surface area (Å²) in [5.74, 6) is -0.428. The molecule has 0 atom stereocenters. The lowest BCUT2D eigenvalue weighted by molar-refractivity contribution is 0.0728. The van der Waals surface area contributed by atoms with E-state index in [0.29, 0.717) is 38.8 Å². The third-order valence-electron chi connectivity index (χ3n) is 4.64. The molecule has 0 aliphatic carbocycles. The molecule has 35 heavy (non-hydrogen) atoms. The van der Waals surface area contributed by atoms with Crippen molar-refractivity contribution in [2.75, 3.05) is 12.0 Å². The minimum absolute atomic E-state index is 0.228. The molecule has 0 spiro atoms. The number of hydrogen-bond donors (Lipinski definition) is 1. The Morgan fingerprint density at radius 2 is 1.91 bits per heavy atom. The van der Waals surface area contributed by atoms with Crippen LogP contribution in [0.1, 0.15) is 22.8 Å². The second kappa shape index (κ2) is 11.3. The van der Waals surface area contributed by atoms with Crippen LogP contribution in [0, 0.1) is 5.82 Å². The van der Waals surface area contributed by atoms with Crippen molar-refractivity contribution < 1.29 is 18.7 Å². The first-order valence-corrected chi connectivity index (χ1v) is 12.0. The van der Waals surface area contributed by atoms with Crippen molar-refractivity contribution in [1.82, 2.24) is 4.98 Å². The lowest BCUT2D eigenvalue weighted by atomic mass is 10.2. The maximum Gasteiger partial charge on any atom is 0.343 e. The van der Waals surface area contributed by atoms with E-state index in [0.717, 1.165) is 5.56 Å². The molecule has 0 saturated heterocycles. The first-order chi connectivity index (χ1) is 16.9. The van der Waals surface area contributed by atoms with Crippen molar-refractivity contribution in [2.45, 2.75) is 6.92 Å². The summed E-state index contributed by atoms with van der Waals surface area (Å²) in [6.45, 7) is 2.19. The Kier molecular flexibility index (Phi) is 7.97. The SMILES string of the molecule is CCOc1cc(/C=N\Nc2nc(-c3ccc(Cl)cc3Cl)cs2)ccc1OC(=O)c1ccc(F)cc1. The molecular formula is C25H18Cl2FN3O3S. The van der Waals surface area contributed by atoms with Crippen LogP contribution < -0.4 is 14.9 Å². The quantitative estimate of drug-likeness (QED) is 0.112. The Morgan fingerprint density at radius 1 is 1.11 bits per heavy atom. The number of halogens is 3. The molecule has 0 aliphatic heterocycles. The smallest absolute Gasteiger partial charge is 0.343 e. The summed E-state index contributed by atoms with van der Waals surface area (Å²) in [5.41, 5.74) is 5.31. The van der Waals surface area contributed by atoms with E-state index in [1.54, 1.807) is 36.5 Å². The molecule has 1 N–H and O–H groups in total. The van der Waals surface area contributed by atoms with Crippen molar-refractivity contribution in [3.8, 4) is 22.8 Å². The van der Waals surface area contributed by atoms with E-state index in [1.807, 2.05) is 18.4 Å². The maximum absolute atomic E-state index is 13.1. The molecule has 4 aromatic rings. The van der Waals surface area contributed by atoms with E-state index >= 15 is 0 Å². The number of anilines is 1. The summed E-state index contributed by atoms with van der Waals surface area (Å²) in [6, 6.07) is 15.4. The van der Waals surface area contributed by atoms with E-state index in [9.17, 15) is 9.18 Å². The van der Waals surface area contributed by atoms with E-state index in [4.69, 9.17) is 32.7 Å². The normalized spacial score (nSPS) is 11.0. The lowest BCUT2D eigenvalue weighted by Crippen LogP contribution is -2.10. The summed E-state index contributed by atoms with van der Waals surface area (Å²) in [6.07, 6.45) is 1.59. The fourth-order valence-corrected chi connectivity index (χ4v) is 4.18. The maximum atomic E-state index is 13.1. The molecule has 0 amide bonds. The highest BCUT2D eigenvalue weighted by atomic mass is 35.5. The largest absolute Gasteiger partial charge is 0.490 e. The van der Waals surface area contributed by atoms with Gasteiger partial charge in [-0.2, -0.15) is 5.10 Å². The van der Waals surface area contributed by atoms with Crippen molar-refractivity contribution in [1.29, 1.82) is 0 Å². The Bertz CT molecular complexity index is 1380. The summed E-state index contributed by atoms with van der Waals surface area (Å²) in [7, 11) is 0. The van der Waals surface area contributed by atoms with Gasteiger partial charge in [-0.25, -0.2) is 14.2 Å². The van der Waals surface area contributed by atoms with Gasteiger partial charge in [0.15, 0.2) is 11.5 Å². The summed E-state index contributed by atoms with van der Waals surface area (Å²) >= 11 is 13.6. The van der Waals surface area contributed by atoms with Gasteiger partial charge in [0.1, 0.15) is 5.82 Å². The van der Waals surface area contributed by atoms with Gasteiger partial charge >= 0.3 is 5.97 Å². The lowest BCUT2D eigenvalue weighted by Gasteiger charge is -2.11. The van der Waals surface area contributed by atoms with Crippen LogP contribution >= 0.6 is 34.5 Å². The molecule has 0 bridgehead atoms. The van der Waals surface area contributed by atoms with Gasteiger partial charge < -0.3 is 9.47 Å². The Hall–Kier alpha value is -3.46. The average Bonchev–Trinajstić information content (AvgIpc) is 3.29. The van der Waals surface area contributed by atoms with Gasteiger partial charge in [-0.1, -0.05) is 23.2 Å². The van der Waals surface area contributed by atoms with Crippen LogP contribution in [0.2, 0.25) is 10.0 Å². The zero-order valence-corrected chi connectivity index (χ0v) is 20.6. The Morgan fingerprint density at radius 3 is 2.66 bits per heavy atom. The third-order valence-corrected chi connectivity index (χ3v) is 5.93. The molecule has 0 unspecified atom stereocenters. The summed E-state index contributed by atoms with van der Waals surface area (Å²) < 4.78 is 24.2. The predicted octanol–water partition coefficient (Wildman–Crippen LogP) is 7.32. The van der Waals surface area contributed by atoms with E-state index in [1.165, 1.54) is 35.6 Å². The van der Waals surface area contributed by atoms with Gasteiger partial charge in [-0.3, -0.25) is 5.43 Å². The number of hydrazone groups is 1. The van der Waals surface area contributed by atoms with Gasteiger partial charge in [0.05, 0.1) is 29.1 Å². The van der Waals surface area contributed by atoms with E-state index < -0.39 is 11.8 Å². The van der Waals surface area contributed by atoms with Gasteiger partial charge in [-0.05, 0) is 73.2 Å². The summed E-state index contributed by atoms with van der Waals surface area (Å²) in [5, 5.41) is 7.74. The molecule has 4 rings (SSSR count). The highest BCUT2D eigenvalue weighted by Crippen LogP contribution is 2.32. The number of nitrogens with zero attached hydrogens (tertiary/aromatic N) is 2. The van der Waals surface area contributed by atoms with Gasteiger partial charge in [0.2, 0.25) is 5.13 Å². The van der Waals surface area contributed by atoms with Crippen LogP contribution in [0.15, 0.2) is 71.1 Å². The number of rotatable bonds is 8. The number of ether oxygens (including phenoxy) is 2. The number of carbonyl (C=O) groups is 1. The first kappa shape index (κ1) is 24.7. The van der Waals surface area contributed by atoms with Crippen LogP contribution in [0.3, 0.4) is 0 Å². The molecule has 1 heterocycles. The minimum Gasteiger partial charge on any atom is -0.490 e. The topological polar surface area (TPSA) is 72.8 Å². The average molecular weight is 530 g/mol. The highest BCUT2D eigenvalue weighted by molar-refractivity contribution is 7.14. The molecule has 0 aliphatic rings. The number of benzene rings is 3. The third kappa shape index (κ3) is 6.36. The van der Waals surface area contributed by atoms with Crippen LogP contribution in [0.4, 0.5) is 9.52 Å². The molecule has 178 valence electrons. The van der Waals surface area contributed by atoms with E-state index in [-0.39, 0.29) is 11.3 Å². The fourth-order valence-electron chi connectivity index (χ4n) is 3.01. The highest BCUT2D eigenvalue weighted by Gasteiger charge is 2.13. The van der Waals surface area contributed by atoms with Crippen LogP contribution in [0.25, 0.3) is 11.3 Å². The van der Waals surface area contributed by atoms with Crippen molar-refractivity contribution in [2.24, 2.45) is 5.10 Å². The standard InChI is InChI=1S/C25H18Cl2FN3O3S/c1-2-33-23-11-15(3-10-22(23)34-24(32)16-4-7-18(28)8-5-16)13-29-31-25-30-21(14-35-25)19-9-6-17(26)12-20(19)27/h3-14H,2H2,1H3,(H,30,31)/b29-13-. The number of esters is 1. The zero-order valence-electron chi connectivity index (χ0n) is 18.3. The van der Waals surface area contributed by atoms with Crippen LogP contribution in [-0.2, 0) is 0 Å². The first-order valence-electron chi connectivity index (χ1n) is 10.4. The van der Waals surface area contributed by atoms with Gasteiger partial charge in [0.25, 0.3) is 0 Å². The molecule has 1 aromatic heterocycles. The number of aromatic nitrogens is 1. The molecule has 6 nitrogen and oxygen atoms in total. The number of carbonyl (C=O) groups excluding carboxylic acids is 1. The Labute approximate surface area is 214 Å². The summed E-state index contributed by atoms with van der Waals surface area (Å²) in [4.78, 5) is 16.9. The predicted molar refractivity (Wildman–Crippen MR) is 138 cm³/mol. The molecule has 0 fully saturated rings. The van der Waals surface area contributed by atoms with E-state index in [2.05, 4.69) is 15.5 Å².